The van der Waals surface area contributed by atoms with Crippen LogP contribution in [0.25, 0.3) is 0 Å². The number of carbonyl (C=O) groups excluding carboxylic acids is 1. The van der Waals surface area contributed by atoms with Crippen LogP contribution >= 0.6 is 11.3 Å². The molecule has 0 fully saturated rings. The number of aliphatic carboxylic acids is 1. The van der Waals surface area contributed by atoms with Crippen LogP contribution in [0.4, 0.5) is 0 Å². The fourth-order valence-corrected chi connectivity index (χ4v) is 2.78. The molecule has 6 heteroatoms. The molecule has 0 aromatic carbocycles. The van der Waals surface area contributed by atoms with Crippen molar-refractivity contribution in [2.75, 3.05) is 13.7 Å². The molecule has 2 N–H and O–H groups in total. The van der Waals surface area contributed by atoms with Crippen molar-refractivity contribution in [3.63, 3.8) is 0 Å². The third-order valence-electron chi connectivity index (χ3n) is 2.94. The van der Waals surface area contributed by atoms with Crippen molar-refractivity contribution in [3.05, 3.63) is 21.9 Å². The first kappa shape index (κ1) is 16.7. The average molecular weight is 299 g/mol. The SMILES string of the molecule is COCC(C)(NC(=O)CCCc1ccc(C)s1)C(=O)O. The first-order valence-electron chi connectivity index (χ1n) is 6.46. The minimum absolute atomic E-state index is 0.0573. The zero-order valence-corrected chi connectivity index (χ0v) is 12.9. The number of aryl methyl sites for hydroxylation is 2. The van der Waals surface area contributed by atoms with E-state index in [0.29, 0.717) is 12.8 Å². The molecule has 0 radical (unpaired) electrons. The number of thiophene rings is 1. The van der Waals surface area contributed by atoms with Gasteiger partial charge in [-0.15, -0.1) is 11.3 Å². The zero-order chi connectivity index (χ0) is 15.2. The predicted octanol–water partition coefficient (Wildman–Crippen LogP) is 1.99. The summed E-state index contributed by atoms with van der Waals surface area (Å²) in [4.78, 5) is 25.5. The molecular weight excluding hydrogens is 278 g/mol. The zero-order valence-electron chi connectivity index (χ0n) is 12.1. The number of carboxylic acid groups (broad SMARTS) is 1. The summed E-state index contributed by atoms with van der Waals surface area (Å²) in [6, 6.07) is 4.12. The van der Waals surface area contributed by atoms with Crippen molar-refractivity contribution >= 4 is 23.2 Å². The van der Waals surface area contributed by atoms with Crippen molar-refractivity contribution < 1.29 is 19.4 Å². The van der Waals surface area contributed by atoms with E-state index >= 15 is 0 Å². The van der Waals surface area contributed by atoms with Gasteiger partial charge in [-0.25, -0.2) is 4.79 Å². The van der Waals surface area contributed by atoms with Gasteiger partial charge in [0.2, 0.25) is 5.91 Å². The number of carboxylic acids is 1. The van der Waals surface area contributed by atoms with Crippen LogP contribution in [0.5, 0.6) is 0 Å². The van der Waals surface area contributed by atoms with Gasteiger partial charge in [0.25, 0.3) is 0 Å². The smallest absolute Gasteiger partial charge is 0.331 e. The average Bonchev–Trinajstić information content (AvgIpc) is 2.75. The molecule has 0 aliphatic carbocycles. The minimum Gasteiger partial charge on any atom is -0.479 e. The predicted molar refractivity (Wildman–Crippen MR) is 78.1 cm³/mol. The number of nitrogens with one attached hydrogen (secondary N) is 1. The Labute approximate surface area is 123 Å². The molecule has 1 heterocycles. The number of hydrogen-bond donors (Lipinski definition) is 2. The Bertz CT molecular complexity index is 471. The summed E-state index contributed by atoms with van der Waals surface area (Å²) >= 11 is 1.72. The monoisotopic (exact) mass is 299 g/mol. The summed E-state index contributed by atoms with van der Waals surface area (Å²) in [7, 11) is 1.41. The van der Waals surface area contributed by atoms with Crippen molar-refractivity contribution in [2.45, 2.75) is 38.6 Å². The van der Waals surface area contributed by atoms with Gasteiger partial charge in [0, 0.05) is 23.3 Å². The summed E-state index contributed by atoms with van der Waals surface area (Å²) in [5.41, 5.74) is -1.37. The quantitative estimate of drug-likeness (QED) is 0.769. The summed E-state index contributed by atoms with van der Waals surface area (Å²) in [5.74, 6) is -1.36. The second-order valence-corrected chi connectivity index (χ2v) is 6.36. The van der Waals surface area contributed by atoms with E-state index in [9.17, 15) is 9.59 Å². The molecule has 1 rings (SSSR count). The maximum Gasteiger partial charge on any atom is 0.331 e. The largest absolute Gasteiger partial charge is 0.479 e. The van der Waals surface area contributed by atoms with Gasteiger partial charge in [0.05, 0.1) is 6.61 Å². The van der Waals surface area contributed by atoms with Crippen LogP contribution in [0.3, 0.4) is 0 Å². The molecule has 1 atom stereocenters. The third kappa shape index (κ3) is 4.94. The van der Waals surface area contributed by atoms with Crippen LogP contribution in [-0.2, 0) is 20.7 Å². The Kier molecular flexibility index (Phi) is 6.16. The van der Waals surface area contributed by atoms with E-state index in [1.54, 1.807) is 11.3 Å². The fraction of sp³-hybridized carbons (Fsp3) is 0.571. The van der Waals surface area contributed by atoms with Gasteiger partial charge >= 0.3 is 5.97 Å². The second-order valence-electron chi connectivity index (χ2n) is 4.98. The lowest BCUT2D eigenvalue weighted by Gasteiger charge is -2.25. The molecule has 1 unspecified atom stereocenters. The lowest BCUT2D eigenvalue weighted by Crippen LogP contribution is -2.55. The highest BCUT2D eigenvalue weighted by Crippen LogP contribution is 2.17. The Hall–Kier alpha value is -1.40. The number of amides is 1. The Morgan fingerprint density at radius 2 is 2.15 bits per heavy atom. The molecule has 1 aromatic rings. The van der Waals surface area contributed by atoms with Gasteiger partial charge in [-0.2, -0.15) is 0 Å². The molecule has 5 nitrogen and oxygen atoms in total. The van der Waals surface area contributed by atoms with Crippen LogP contribution in [0.2, 0.25) is 0 Å². The molecule has 0 bridgehead atoms. The van der Waals surface area contributed by atoms with E-state index in [2.05, 4.69) is 17.4 Å². The molecule has 0 saturated carbocycles. The topological polar surface area (TPSA) is 75.6 Å². The summed E-state index contributed by atoms with van der Waals surface area (Å²) < 4.78 is 4.85. The fourth-order valence-electron chi connectivity index (χ4n) is 1.85. The van der Waals surface area contributed by atoms with E-state index in [0.717, 1.165) is 6.42 Å². The van der Waals surface area contributed by atoms with Crippen LogP contribution in [0.15, 0.2) is 12.1 Å². The number of methoxy groups -OCH3 is 1. The maximum absolute atomic E-state index is 11.8. The molecule has 0 aliphatic heterocycles. The van der Waals surface area contributed by atoms with Crippen molar-refractivity contribution in [1.29, 1.82) is 0 Å². The number of rotatable bonds is 8. The number of hydrogen-bond acceptors (Lipinski definition) is 4. The standard InChI is InChI=1S/C14H21NO4S/c1-10-7-8-11(20-10)5-4-6-12(16)15-14(2,9-19-3)13(17)18/h7-8H,4-6,9H2,1-3H3,(H,15,16)(H,17,18). The molecule has 1 amide bonds. The van der Waals surface area contributed by atoms with E-state index in [4.69, 9.17) is 9.84 Å². The first-order chi connectivity index (χ1) is 9.37. The van der Waals surface area contributed by atoms with Gasteiger partial charge < -0.3 is 15.2 Å². The van der Waals surface area contributed by atoms with Crippen molar-refractivity contribution in [3.8, 4) is 0 Å². The third-order valence-corrected chi connectivity index (χ3v) is 4.00. The summed E-state index contributed by atoms with van der Waals surface area (Å²) in [6.45, 7) is 3.43. The highest BCUT2D eigenvalue weighted by Gasteiger charge is 2.34. The normalized spacial score (nSPS) is 13.8. The highest BCUT2D eigenvalue weighted by molar-refractivity contribution is 7.11. The van der Waals surface area contributed by atoms with Crippen LogP contribution in [-0.4, -0.2) is 36.2 Å². The minimum atomic E-state index is -1.37. The second kappa shape index (κ2) is 7.40. The lowest BCUT2D eigenvalue weighted by atomic mass is 10.0. The van der Waals surface area contributed by atoms with E-state index in [-0.39, 0.29) is 12.5 Å². The van der Waals surface area contributed by atoms with Crippen molar-refractivity contribution in [2.24, 2.45) is 0 Å². The Morgan fingerprint density at radius 1 is 1.45 bits per heavy atom. The number of carbonyl (C=O) groups is 2. The van der Waals surface area contributed by atoms with Gasteiger partial charge in [-0.05, 0) is 38.8 Å². The van der Waals surface area contributed by atoms with Gasteiger partial charge in [-0.1, -0.05) is 0 Å². The first-order valence-corrected chi connectivity index (χ1v) is 7.27. The Morgan fingerprint density at radius 3 is 2.65 bits per heavy atom. The summed E-state index contributed by atoms with van der Waals surface area (Å²) in [6.07, 6.45) is 1.85. The van der Waals surface area contributed by atoms with E-state index in [1.807, 2.05) is 6.92 Å². The maximum atomic E-state index is 11.8. The van der Waals surface area contributed by atoms with Crippen LogP contribution in [0.1, 0.15) is 29.5 Å². The Balaban J connectivity index is 2.40. The highest BCUT2D eigenvalue weighted by atomic mass is 32.1. The van der Waals surface area contributed by atoms with Gasteiger partial charge in [0.15, 0.2) is 5.54 Å². The molecule has 0 saturated heterocycles. The van der Waals surface area contributed by atoms with Crippen LogP contribution < -0.4 is 5.32 Å². The molecular formula is C14H21NO4S. The number of ether oxygens (including phenoxy) is 1. The van der Waals surface area contributed by atoms with Crippen LogP contribution in [0, 0.1) is 6.92 Å². The van der Waals surface area contributed by atoms with Crippen molar-refractivity contribution in [1.82, 2.24) is 5.32 Å². The molecule has 0 spiro atoms. The molecule has 1 aromatic heterocycles. The van der Waals surface area contributed by atoms with E-state index in [1.165, 1.54) is 23.8 Å². The lowest BCUT2D eigenvalue weighted by molar-refractivity contribution is -0.149. The summed E-state index contributed by atoms with van der Waals surface area (Å²) in [5, 5.41) is 11.7. The molecule has 20 heavy (non-hydrogen) atoms. The van der Waals surface area contributed by atoms with Gasteiger partial charge in [-0.3, -0.25) is 4.79 Å². The van der Waals surface area contributed by atoms with Gasteiger partial charge in [0.1, 0.15) is 0 Å². The van der Waals surface area contributed by atoms with E-state index < -0.39 is 11.5 Å². The molecule has 0 aliphatic rings. The molecule has 112 valence electrons.